The van der Waals surface area contributed by atoms with E-state index in [0.29, 0.717) is 5.56 Å². The molecule has 0 bridgehead atoms. The third kappa shape index (κ3) is 2.65. The smallest absolute Gasteiger partial charge is 0.335 e. The Balaban J connectivity index is 0.00000144. The Morgan fingerprint density at radius 2 is 2.12 bits per heavy atom. The van der Waals surface area contributed by atoms with Crippen molar-refractivity contribution < 1.29 is 9.90 Å². The van der Waals surface area contributed by atoms with Crippen LogP contribution in [-0.4, -0.2) is 20.9 Å². The molecule has 0 radical (unpaired) electrons. The molecule has 0 saturated carbocycles. The third-order valence-electron chi connectivity index (χ3n) is 2.50. The Hall–Kier alpha value is -1.81. The van der Waals surface area contributed by atoms with Crippen LogP contribution in [-0.2, 0) is 7.05 Å². The summed E-state index contributed by atoms with van der Waals surface area (Å²) in [5.41, 5.74) is 3.18. The second-order valence-electron chi connectivity index (χ2n) is 3.74. The van der Waals surface area contributed by atoms with Gasteiger partial charge in [-0.1, -0.05) is 6.07 Å². The van der Waals surface area contributed by atoms with E-state index in [9.17, 15) is 4.79 Å². The lowest BCUT2D eigenvalue weighted by Gasteiger charge is -2.04. The molecule has 90 valence electrons. The van der Waals surface area contributed by atoms with Gasteiger partial charge >= 0.3 is 5.97 Å². The number of carboxylic acids is 1. The first-order chi connectivity index (χ1) is 7.58. The SMILES string of the molecule is Cc1ccc(C(=O)O)cc1-c1cnn(C)c1.Cl. The lowest BCUT2D eigenvalue weighted by Crippen LogP contribution is -1.97. The van der Waals surface area contributed by atoms with Crippen molar-refractivity contribution in [1.82, 2.24) is 9.78 Å². The second-order valence-corrected chi connectivity index (χ2v) is 3.74. The molecule has 0 aliphatic carbocycles. The van der Waals surface area contributed by atoms with Crippen molar-refractivity contribution in [1.29, 1.82) is 0 Å². The highest BCUT2D eigenvalue weighted by Crippen LogP contribution is 2.23. The number of hydrogen-bond donors (Lipinski definition) is 1. The summed E-state index contributed by atoms with van der Waals surface area (Å²) < 4.78 is 1.70. The molecule has 4 nitrogen and oxygen atoms in total. The number of aryl methyl sites for hydroxylation is 2. The molecule has 0 amide bonds. The van der Waals surface area contributed by atoms with E-state index in [2.05, 4.69) is 5.10 Å². The minimum absolute atomic E-state index is 0. The second kappa shape index (κ2) is 5.01. The lowest BCUT2D eigenvalue weighted by atomic mass is 10.0. The largest absolute Gasteiger partial charge is 0.478 e. The van der Waals surface area contributed by atoms with E-state index in [1.807, 2.05) is 26.2 Å². The average molecular weight is 253 g/mol. The van der Waals surface area contributed by atoms with Crippen LogP contribution in [0.3, 0.4) is 0 Å². The van der Waals surface area contributed by atoms with Gasteiger partial charge in [0.1, 0.15) is 0 Å². The zero-order valence-corrected chi connectivity index (χ0v) is 10.4. The predicted molar refractivity (Wildman–Crippen MR) is 67.6 cm³/mol. The quantitative estimate of drug-likeness (QED) is 0.894. The molecule has 0 saturated heterocycles. The van der Waals surface area contributed by atoms with Crippen molar-refractivity contribution in [3.8, 4) is 11.1 Å². The molecule has 1 heterocycles. The molecule has 0 aliphatic rings. The first-order valence-electron chi connectivity index (χ1n) is 4.91. The van der Waals surface area contributed by atoms with Crippen LogP contribution in [0.25, 0.3) is 11.1 Å². The maximum atomic E-state index is 10.9. The van der Waals surface area contributed by atoms with Gasteiger partial charge in [-0.2, -0.15) is 5.10 Å². The van der Waals surface area contributed by atoms with E-state index >= 15 is 0 Å². The summed E-state index contributed by atoms with van der Waals surface area (Å²) >= 11 is 0. The van der Waals surface area contributed by atoms with Crippen LogP contribution in [0.1, 0.15) is 15.9 Å². The number of nitrogens with zero attached hydrogens (tertiary/aromatic N) is 2. The van der Waals surface area contributed by atoms with Gasteiger partial charge in [0, 0.05) is 18.8 Å². The molecular formula is C12H13ClN2O2. The maximum absolute atomic E-state index is 10.9. The lowest BCUT2D eigenvalue weighted by molar-refractivity contribution is 0.0697. The highest BCUT2D eigenvalue weighted by atomic mass is 35.5. The molecule has 5 heteroatoms. The Morgan fingerprint density at radius 1 is 1.41 bits per heavy atom. The molecular weight excluding hydrogens is 240 g/mol. The van der Waals surface area contributed by atoms with E-state index in [1.54, 1.807) is 23.0 Å². The van der Waals surface area contributed by atoms with E-state index in [1.165, 1.54) is 0 Å². The molecule has 1 aromatic heterocycles. The van der Waals surface area contributed by atoms with Crippen molar-refractivity contribution in [2.75, 3.05) is 0 Å². The molecule has 0 aliphatic heterocycles. The zero-order valence-electron chi connectivity index (χ0n) is 9.54. The molecule has 0 spiro atoms. The molecule has 2 rings (SSSR count). The molecule has 0 unspecified atom stereocenters. The van der Waals surface area contributed by atoms with Crippen LogP contribution < -0.4 is 0 Å². The normalized spacial score (nSPS) is 9.76. The van der Waals surface area contributed by atoms with Gasteiger partial charge in [0.15, 0.2) is 0 Å². The molecule has 0 fully saturated rings. The van der Waals surface area contributed by atoms with E-state index in [4.69, 9.17) is 5.11 Å². The summed E-state index contributed by atoms with van der Waals surface area (Å²) in [6.45, 7) is 1.95. The number of carbonyl (C=O) groups is 1. The highest BCUT2D eigenvalue weighted by molar-refractivity contribution is 5.89. The van der Waals surface area contributed by atoms with Crippen LogP contribution in [0, 0.1) is 6.92 Å². The first-order valence-corrected chi connectivity index (χ1v) is 4.91. The summed E-state index contributed by atoms with van der Waals surface area (Å²) in [6.07, 6.45) is 3.60. The molecule has 2 aromatic rings. The number of benzene rings is 1. The van der Waals surface area contributed by atoms with E-state index in [0.717, 1.165) is 16.7 Å². The van der Waals surface area contributed by atoms with Crippen LogP contribution in [0.15, 0.2) is 30.6 Å². The topological polar surface area (TPSA) is 55.1 Å². The van der Waals surface area contributed by atoms with Crippen LogP contribution in [0.2, 0.25) is 0 Å². The van der Waals surface area contributed by atoms with Crippen LogP contribution in [0.5, 0.6) is 0 Å². The minimum Gasteiger partial charge on any atom is -0.478 e. The van der Waals surface area contributed by atoms with Gasteiger partial charge in [-0.3, -0.25) is 4.68 Å². The van der Waals surface area contributed by atoms with Gasteiger partial charge < -0.3 is 5.11 Å². The standard InChI is InChI=1S/C12H12N2O2.ClH/c1-8-3-4-9(12(15)16)5-11(8)10-6-13-14(2)7-10;/h3-7H,1-2H3,(H,15,16);1H. The maximum Gasteiger partial charge on any atom is 0.335 e. The van der Waals surface area contributed by atoms with Gasteiger partial charge in [-0.25, -0.2) is 4.79 Å². The fourth-order valence-electron chi connectivity index (χ4n) is 1.63. The van der Waals surface area contributed by atoms with E-state index < -0.39 is 5.97 Å². The number of halogens is 1. The summed E-state index contributed by atoms with van der Waals surface area (Å²) in [7, 11) is 1.83. The van der Waals surface area contributed by atoms with Crippen molar-refractivity contribution in [2.24, 2.45) is 7.05 Å². The monoisotopic (exact) mass is 252 g/mol. The molecule has 17 heavy (non-hydrogen) atoms. The van der Waals surface area contributed by atoms with Gasteiger partial charge in [0.05, 0.1) is 11.8 Å². The number of carboxylic acid groups (broad SMARTS) is 1. The summed E-state index contributed by atoms with van der Waals surface area (Å²) in [4.78, 5) is 10.9. The van der Waals surface area contributed by atoms with E-state index in [-0.39, 0.29) is 12.4 Å². The van der Waals surface area contributed by atoms with Crippen molar-refractivity contribution in [2.45, 2.75) is 6.92 Å². The molecule has 0 atom stereocenters. The van der Waals surface area contributed by atoms with Gasteiger partial charge in [-0.15, -0.1) is 12.4 Å². The first kappa shape index (κ1) is 13.3. The Morgan fingerprint density at radius 3 is 2.65 bits per heavy atom. The number of rotatable bonds is 2. The predicted octanol–water partition coefficient (Wildman–Crippen LogP) is 2.52. The number of hydrogen-bond acceptors (Lipinski definition) is 2. The van der Waals surface area contributed by atoms with Crippen LogP contribution >= 0.6 is 12.4 Å². The van der Waals surface area contributed by atoms with Crippen LogP contribution in [0.4, 0.5) is 0 Å². The number of aromatic carboxylic acids is 1. The van der Waals surface area contributed by atoms with Gasteiger partial charge in [0.2, 0.25) is 0 Å². The highest BCUT2D eigenvalue weighted by Gasteiger charge is 2.08. The third-order valence-corrected chi connectivity index (χ3v) is 2.50. The van der Waals surface area contributed by atoms with Gasteiger partial charge in [-0.05, 0) is 30.2 Å². The van der Waals surface area contributed by atoms with Gasteiger partial charge in [0.25, 0.3) is 0 Å². The summed E-state index contributed by atoms with van der Waals surface area (Å²) in [6, 6.07) is 5.10. The average Bonchev–Trinajstić information content (AvgIpc) is 2.65. The summed E-state index contributed by atoms with van der Waals surface area (Å²) in [5.74, 6) is -0.912. The molecule has 1 N–H and O–H groups in total. The fraction of sp³-hybridized carbons (Fsp3) is 0.167. The molecule has 1 aromatic carbocycles. The van der Waals surface area contributed by atoms with Crippen molar-refractivity contribution in [3.05, 3.63) is 41.7 Å². The Kier molecular flexibility index (Phi) is 3.91. The fourth-order valence-corrected chi connectivity index (χ4v) is 1.63. The minimum atomic E-state index is -0.912. The Bertz CT molecular complexity index is 549. The Labute approximate surface area is 105 Å². The van der Waals surface area contributed by atoms with Crippen molar-refractivity contribution >= 4 is 18.4 Å². The zero-order chi connectivity index (χ0) is 11.7. The number of aromatic nitrogens is 2. The summed E-state index contributed by atoms with van der Waals surface area (Å²) in [5, 5.41) is 13.0. The van der Waals surface area contributed by atoms with Crippen molar-refractivity contribution in [3.63, 3.8) is 0 Å².